The number of ether oxygens (including phenoxy) is 2. The van der Waals surface area contributed by atoms with Crippen LogP contribution in [0.15, 0.2) is 47.2 Å². The maximum absolute atomic E-state index is 13.6. The van der Waals surface area contributed by atoms with Gasteiger partial charge in [0.25, 0.3) is 0 Å². The largest absolute Gasteiger partial charge is 0.479 e. The SMILES string of the molecule is COC(=O)[C@@H](C)NP(=O)(OC[C@@H]1C=C[C@H](n2cnc3c(OC)nc(N)nc32)C1)Oc1ccc(Br)cc1. The number of esters is 1. The van der Waals surface area contributed by atoms with E-state index in [1.54, 1.807) is 30.6 Å². The summed E-state index contributed by atoms with van der Waals surface area (Å²) in [6, 6.07) is 5.77. The first-order valence-electron chi connectivity index (χ1n) is 11.0. The highest BCUT2D eigenvalue weighted by molar-refractivity contribution is 9.10. The highest BCUT2D eigenvalue weighted by Crippen LogP contribution is 2.46. The second-order valence-electron chi connectivity index (χ2n) is 8.08. The van der Waals surface area contributed by atoms with Crippen molar-refractivity contribution < 1.29 is 27.9 Å². The maximum atomic E-state index is 13.6. The van der Waals surface area contributed by atoms with Gasteiger partial charge in [-0.2, -0.15) is 15.1 Å². The van der Waals surface area contributed by atoms with Crippen molar-refractivity contribution in [2.75, 3.05) is 26.6 Å². The van der Waals surface area contributed by atoms with E-state index in [2.05, 4.69) is 36.0 Å². The van der Waals surface area contributed by atoms with Crippen molar-refractivity contribution in [3.63, 3.8) is 0 Å². The Balaban J connectivity index is 1.47. The van der Waals surface area contributed by atoms with E-state index < -0.39 is 19.8 Å². The van der Waals surface area contributed by atoms with E-state index >= 15 is 0 Å². The van der Waals surface area contributed by atoms with Crippen LogP contribution in [0.1, 0.15) is 19.4 Å². The molecule has 0 saturated carbocycles. The molecule has 4 atom stereocenters. The van der Waals surface area contributed by atoms with Crippen molar-refractivity contribution in [3.8, 4) is 11.6 Å². The van der Waals surface area contributed by atoms with Crippen LogP contribution in [0.3, 0.4) is 0 Å². The minimum Gasteiger partial charge on any atom is -0.479 e. The van der Waals surface area contributed by atoms with Gasteiger partial charge in [-0.15, -0.1) is 0 Å². The summed E-state index contributed by atoms with van der Waals surface area (Å²) in [5.41, 5.74) is 6.88. The van der Waals surface area contributed by atoms with Gasteiger partial charge in [0.05, 0.1) is 33.2 Å². The lowest BCUT2D eigenvalue weighted by Gasteiger charge is -2.24. The van der Waals surface area contributed by atoms with Gasteiger partial charge >= 0.3 is 13.7 Å². The van der Waals surface area contributed by atoms with Crippen molar-refractivity contribution in [1.82, 2.24) is 24.6 Å². The van der Waals surface area contributed by atoms with Crippen LogP contribution in [-0.2, 0) is 18.6 Å². The average molecular weight is 581 g/mol. The number of nitrogens with one attached hydrogen (secondary N) is 1. The molecule has 3 aromatic rings. The number of nitrogens with zero attached hydrogens (tertiary/aromatic N) is 4. The van der Waals surface area contributed by atoms with Crippen molar-refractivity contribution in [2.45, 2.75) is 25.4 Å². The number of nitrogens with two attached hydrogens (primary N) is 1. The molecule has 3 N–H and O–H groups in total. The van der Waals surface area contributed by atoms with E-state index in [1.807, 2.05) is 16.7 Å². The van der Waals surface area contributed by atoms with E-state index in [1.165, 1.54) is 21.1 Å². The van der Waals surface area contributed by atoms with E-state index in [4.69, 9.17) is 24.3 Å². The number of methoxy groups -OCH3 is 2. The monoisotopic (exact) mass is 580 g/mol. The third-order valence-electron chi connectivity index (χ3n) is 5.51. The molecule has 0 radical (unpaired) electrons. The zero-order valence-electron chi connectivity index (χ0n) is 19.8. The summed E-state index contributed by atoms with van der Waals surface area (Å²) in [7, 11) is -1.20. The van der Waals surface area contributed by atoms with Gasteiger partial charge in [-0.05, 0) is 37.6 Å². The van der Waals surface area contributed by atoms with Crippen LogP contribution in [0, 0.1) is 5.92 Å². The zero-order chi connectivity index (χ0) is 25.9. The Labute approximate surface area is 215 Å². The fraction of sp³-hybridized carbons (Fsp3) is 0.364. The summed E-state index contributed by atoms with van der Waals surface area (Å²) >= 11 is 3.35. The predicted molar refractivity (Wildman–Crippen MR) is 136 cm³/mol. The van der Waals surface area contributed by atoms with E-state index in [0.29, 0.717) is 29.2 Å². The van der Waals surface area contributed by atoms with E-state index in [-0.39, 0.29) is 24.5 Å². The van der Waals surface area contributed by atoms with Gasteiger partial charge in [-0.25, -0.2) is 9.55 Å². The average Bonchev–Trinajstić information content (AvgIpc) is 3.50. The minimum atomic E-state index is -3.94. The molecular weight excluding hydrogens is 555 g/mol. The Morgan fingerprint density at radius 2 is 2.03 bits per heavy atom. The van der Waals surface area contributed by atoms with Crippen LogP contribution < -0.4 is 20.1 Å². The van der Waals surface area contributed by atoms with Crippen LogP contribution in [0.2, 0.25) is 0 Å². The second-order valence-corrected chi connectivity index (χ2v) is 10.7. The van der Waals surface area contributed by atoms with Crippen molar-refractivity contribution in [2.24, 2.45) is 5.92 Å². The third kappa shape index (κ3) is 5.86. The first-order valence-corrected chi connectivity index (χ1v) is 13.3. The normalized spacial score (nSPS) is 19.7. The standard InChI is InChI=1S/C22H26BrN6O6P/c1-13(21(30)33-3)28-36(31,35-17-8-5-15(23)6-9-17)34-11-14-4-7-16(10-14)29-12-25-18-19(29)26-22(24)27-20(18)32-2/h4-9,12-14,16H,10-11H2,1-3H3,(H,28,31)(H2,24,26,27)/t13-,14-,16+,36?/m1/s1. The Bertz CT molecular complexity index is 1320. The molecule has 0 aliphatic heterocycles. The molecule has 1 aliphatic carbocycles. The van der Waals surface area contributed by atoms with Crippen LogP contribution >= 0.6 is 23.7 Å². The van der Waals surface area contributed by atoms with Gasteiger partial charge in [0.2, 0.25) is 11.8 Å². The number of anilines is 1. The number of carbonyl (C=O) groups is 1. The molecule has 0 fully saturated rings. The molecule has 2 aromatic heterocycles. The van der Waals surface area contributed by atoms with Crippen LogP contribution in [-0.4, -0.2) is 52.4 Å². The van der Waals surface area contributed by atoms with Crippen molar-refractivity contribution in [3.05, 3.63) is 47.2 Å². The van der Waals surface area contributed by atoms with E-state index in [9.17, 15) is 9.36 Å². The number of nitrogen functional groups attached to an aromatic ring is 1. The number of halogens is 1. The van der Waals surface area contributed by atoms with Crippen molar-refractivity contribution >= 4 is 46.8 Å². The summed E-state index contributed by atoms with van der Waals surface area (Å²) in [5, 5.41) is 2.65. The summed E-state index contributed by atoms with van der Waals surface area (Å²) in [6.45, 7) is 1.60. The third-order valence-corrected chi connectivity index (χ3v) is 7.68. The molecule has 2 heterocycles. The molecule has 0 bridgehead atoms. The maximum Gasteiger partial charge on any atom is 0.459 e. The highest BCUT2D eigenvalue weighted by atomic mass is 79.9. The molecule has 36 heavy (non-hydrogen) atoms. The number of carbonyl (C=O) groups excluding carboxylic acids is 1. The van der Waals surface area contributed by atoms with Crippen LogP contribution in [0.4, 0.5) is 5.95 Å². The van der Waals surface area contributed by atoms with Gasteiger partial charge in [0.1, 0.15) is 11.8 Å². The highest BCUT2D eigenvalue weighted by Gasteiger charge is 2.34. The molecular formula is C22H26BrN6O6P. The molecule has 192 valence electrons. The summed E-state index contributed by atoms with van der Waals surface area (Å²) in [6.07, 6.45) is 6.24. The topological polar surface area (TPSA) is 153 Å². The fourth-order valence-corrected chi connectivity index (χ4v) is 5.57. The molecule has 4 rings (SSSR count). The Morgan fingerprint density at radius 3 is 2.72 bits per heavy atom. The lowest BCUT2D eigenvalue weighted by atomic mass is 10.1. The summed E-state index contributed by atoms with van der Waals surface area (Å²) < 4.78 is 37.8. The minimum absolute atomic E-state index is 0.0781. The Morgan fingerprint density at radius 1 is 1.28 bits per heavy atom. The molecule has 12 nitrogen and oxygen atoms in total. The first-order chi connectivity index (χ1) is 17.2. The molecule has 1 unspecified atom stereocenters. The van der Waals surface area contributed by atoms with Gasteiger partial charge in [-0.3, -0.25) is 9.32 Å². The van der Waals surface area contributed by atoms with Gasteiger partial charge in [0, 0.05) is 10.4 Å². The van der Waals surface area contributed by atoms with Gasteiger partial charge in [0.15, 0.2) is 11.2 Å². The summed E-state index contributed by atoms with van der Waals surface area (Å²) in [5.74, 6) is 0.0186. The zero-order valence-corrected chi connectivity index (χ0v) is 22.3. The molecule has 1 aliphatic rings. The quantitative estimate of drug-likeness (QED) is 0.205. The van der Waals surface area contributed by atoms with Crippen LogP contribution in [0.5, 0.6) is 11.6 Å². The first kappa shape index (κ1) is 26.1. The smallest absolute Gasteiger partial charge is 0.459 e. The lowest BCUT2D eigenvalue weighted by Crippen LogP contribution is -2.34. The number of hydrogen-bond donors (Lipinski definition) is 2. The van der Waals surface area contributed by atoms with Gasteiger partial charge < -0.3 is 24.3 Å². The number of aromatic nitrogens is 4. The second kappa shape index (κ2) is 11.0. The van der Waals surface area contributed by atoms with E-state index in [0.717, 1.165) is 4.47 Å². The molecule has 0 amide bonds. The number of hydrogen-bond acceptors (Lipinski definition) is 10. The van der Waals surface area contributed by atoms with Gasteiger partial charge in [-0.1, -0.05) is 28.1 Å². The molecule has 1 aromatic carbocycles. The fourth-order valence-electron chi connectivity index (χ4n) is 3.76. The number of rotatable bonds is 10. The lowest BCUT2D eigenvalue weighted by molar-refractivity contribution is -0.142. The Kier molecular flexibility index (Phi) is 7.94. The molecule has 0 spiro atoms. The molecule has 0 saturated heterocycles. The predicted octanol–water partition coefficient (Wildman–Crippen LogP) is 3.65. The van der Waals surface area contributed by atoms with Crippen LogP contribution in [0.25, 0.3) is 11.2 Å². The number of imidazole rings is 1. The number of benzene rings is 1. The Hall–Kier alpha value is -2.99. The van der Waals surface area contributed by atoms with Crippen molar-refractivity contribution in [1.29, 1.82) is 0 Å². The number of fused-ring (bicyclic) bond motifs is 1. The number of allylic oxidation sites excluding steroid dienone is 1. The summed E-state index contributed by atoms with van der Waals surface area (Å²) in [4.78, 5) is 24.7. The molecule has 14 heteroatoms.